The van der Waals surface area contributed by atoms with E-state index in [1.807, 2.05) is 0 Å². The van der Waals surface area contributed by atoms with E-state index in [1.54, 1.807) is 0 Å². The van der Waals surface area contributed by atoms with Gasteiger partial charge in [0.2, 0.25) is 0 Å². The van der Waals surface area contributed by atoms with Crippen LogP contribution >= 0.6 is 0 Å². The van der Waals surface area contributed by atoms with Gasteiger partial charge in [-0.2, -0.15) is 0 Å². The Morgan fingerprint density at radius 3 is 3.00 bits per heavy atom. The van der Waals surface area contributed by atoms with Crippen LogP contribution in [0.5, 0.6) is 0 Å². The third-order valence-electron chi connectivity index (χ3n) is 4.72. The number of hydrogen-bond acceptors (Lipinski definition) is 3. The number of anilines is 1. The van der Waals surface area contributed by atoms with Gasteiger partial charge in [0.25, 0.3) is 0 Å². The number of aryl methyl sites for hydroxylation is 1. The van der Waals surface area contributed by atoms with Crippen LogP contribution in [0.15, 0.2) is 18.2 Å². The van der Waals surface area contributed by atoms with Gasteiger partial charge < -0.3 is 14.4 Å². The number of rotatable bonds is 2. The van der Waals surface area contributed by atoms with E-state index < -0.39 is 0 Å². The molecule has 3 aliphatic rings. The average molecular weight is 259 g/mol. The maximum absolute atomic E-state index is 6.22. The lowest BCUT2D eigenvalue weighted by Gasteiger charge is -2.38. The van der Waals surface area contributed by atoms with Crippen LogP contribution in [0.25, 0.3) is 0 Å². The fourth-order valence-corrected chi connectivity index (χ4v) is 3.60. The molecule has 0 radical (unpaired) electrons. The molecular weight excluding hydrogens is 238 g/mol. The second kappa shape index (κ2) is 4.22. The first-order chi connectivity index (χ1) is 9.24. The van der Waals surface area contributed by atoms with E-state index >= 15 is 0 Å². The van der Waals surface area contributed by atoms with Gasteiger partial charge >= 0.3 is 0 Å². The van der Waals surface area contributed by atoms with Crippen LogP contribution in [-0.2, 0) is 15.9 Å². The molecule has 0 amide bonds. The Morgan fingerprint density at radius 1 is 1.37 bits per heavy atom. The highest BCUT2D eigenvalue weighted by Crippen LogP contribution is 2.38. The fraction of sp³-hybridized carbons (Fsp3) is 0.625. The highest BCUT2D eigenvalue weighted by molar-refractivity contribution is 5.59. The van der Waals surface area contributed by atoms with Crippen LogP contribution in [0, 0.1) is 6.92 Å². The highest BCUT2D eigenvalue weighted by atomic mass is 16.6. The summed E-state index contributed by atoms with van der Waals surface area (Å²) in [6, 6.07) is 6.81. The van der Waals surface area contributed by atoms with E-state index in [1.165, 1.54) is 36.1 Å². The number of fused-ring (bicyclic) bond motifs is 1. The molecule has 0 saturated carbocycles. The molecule has 4 rings (SSSR count). The Morgan fingerprint density at radius 2 is 2.26 bits per heavy atom. The molecule has 102 valence electrons. The Hall–Kier alpha value is -1.06. The topological polar surface area (TPSA) is 21.7 Å². The maximum Gasteiger partial charge on any atom is 0.115 e. The lowest BCUT2D eigenvalue weighted by atomic mass is 9.98. The number of hydrogen-bond donors (Lipinski definition) is 0. The molecule has 1 unspecified atom stereocenters. The van der Waals surface area contributed by atoms with Gasteiger partial charge in [0.05, 0.1) is 19.3 Å². The third-order valence-corrected chi connectivity index (χ3v) is 4.72. The van der Waals surface area contributed by atoms with Gasteiger partial charge in [0.1, 0.15) is 5.60 Å². The summed E-state index contributed by atoms with van der Waals surface area (Å²) in [4.78, 5) is 2.50. The van der Waals surface area contributed by atoms with Crippen molar-refractivity contribution in [2.75, 3.05) is 31.2 Å². The maximum atomic E-state index is 6.22. The predicted molar refractivity (Wildman–Crippen MR) is 74.8 cm³/mol. The summed E-state index contributed by atoms with van der Waals surface area (Å²) in [6.07, 6.45) is 3.92. The largest absolute Gasteiger partial charge is 0.375 e. The minimum Gasteiger partial charge on any atom is -0.375 e. The van der Waals surface area contributed by atoms with E-state index in [-0.39, 0.29) is 5.60 Å². The molecular formula is C16H21NO2. The van der Waals surface area contributed by atoms with Crippen LogP contribution in [-0.4, -0.2) is 38.0 Å². The first-order valence-electron chi connectivity index (χ1n) is 7.34. The van der Waals surface area contributed by atoms with Crippen molar-refractivity contribution in [3.05, 3.63) is 29.3 Å². The number of nitrogens with zero attached hydrogens (tertiary/aromatic N) is 1. The molecule has 1 atom stereocenters. The van der Waals surface area contributed by atoms with Gasteiger partial charge in [-0.3, -0.25) is 0 Å². The monoisotopic (exact) mass is 259 g/mol. The molecule has 3 heteroatoms. The van der Waals surface area contributed by atoms with Crippen LogP contribution in [0.4, 0.5) is 5.69 Å². The van der Waals surface area contributed by atoms with Crippen molar-refractivity contribution in [3.8, 4) is 0 Å². The van der Waals surface area contributed by atoms with E-state index in [0.29, 0.717) is 6.10 Å². The molecule has 2 saturated heterocycles. The summed E-state index contributed by atoms with van der Waals surface area (Å²) in [6.45, 7) is 5.96. The summed E-state index contributed by atoms with van der Waals surface area (Å²) in [5.41, 5.74) is 4.36. The first kappa shape index (κ1) is 11.7. The van der Waals surface area contributed by atoms with Gasteiger partial charge in [0, 0.05) is 18.8 Å². The van der Waals surface area contributed by atoms with Crippen molar-refractivity contribution in [1.29, 1.82) is 0 Å². The third kappa shape index (κ3) is 1.96. The van der Waals surface area contributed by atoms with Gasteiger partial charge in [-0.05, 0) is 37.8 Å². The van der Waals surface area contributed by atoms with Crippen molar-refractivity contribution in [2.24, 2.45) is 0 Å². The second-order valence-electron chi connectivity index (χ2n) is 6.28. The summed E-state index contributed by atoms with van der Waals surface area (Å²) in [7, 11) is 0. The molecule has 2 fully saturated rings. The van der Waals surface area contributed by atoms with Crippen molar-refractivity contribution in [1.82, 2.24) is 0 Å². The van der Waals surface area contributed by atoms with E-state index in [4.69, 9.17) is 9.47 Å². The van der Waals surface area contributed by atoms with Crippen molar-refractivity contribution < 1.29 is 9.47 Å². The summed E-state index contributed by atoms with van der Waals surface area (Å²) >= 11 is 0. The lowest BCUT2D eigenvalue weighted by molar-refractivity contribution is -0.198. The van der Waals surface area contributed by atoms with Crippen molar-refractivity contribution in [2.45, 2.75) is 37.9 Å². The van der Waals surface area contributed by atoms with E-state index in [0.717, 1.165) is 26.3 Å². The average Bonchev–Trinajstić information content (AvgIpc) is 2.94. The number of ether oxygens (including phenoxy) is 2. The molecule has 0 aromatic heterocycles. The summed E-state index contributed by atoms with van der Waals surface area (Å²) in [5, 5.41) is 0. The highest BCUT2D eigenvalue weighted by Gasteiger charge is 2.46. The molecule has 1 aromatic rings. The first-order valence-corrected chi connectivity index (χ1v) is 7.34. The Bertz CT molecular complexity index is 496. The zero-order valence-corrected chi connectivity index (χ0v) is 11.5. The van der Waals surface area contributed by atoms with E-state index in [9.17, 15) is 0 Å². The van der Waals surface area contributed by atoms with Crippen LogP contribution in [0.3, 0.4) is 0 Å². The zero-order chi connectivity index (χ0) is 12.9. The zero-order valence-electron chi connectivity index (χ0n) is 11.5. The molecule has 0 bridgehead atoms. The smallest absolute Gasteiger partial charge is 0.115 e. The quantitative estimate of drug-likeness (QED) is 0.813. The molecule has 3 aliphatic heterocycles. The molecule has 0 aliphatic carbocycles. The summed E-state index contributed by atoms with van der Waals surface area (Å²) in [5.74, 6) is 0. The summed E-state index contributed by atoms with van der Waals surface area (Å²) < 4.78 is 11.5. The molecule has 3 heterocycles. The fourth-order valence-electron chi connectivity index (χ4n) is 3.60. The van der Waals surface area contributed by atoms with Crippen LogP contribution < -0.4 is 4.90 Å². The number of benzene rings is 1. The minimum absolute atomic E-state index is 0.0838. The van der Waals surface area contributed by atoms with Gasteiger partial charge in [-0.1, -0.05) is 17.7 Å². The molecule has 19 heavy (non-hydrogen) atoms. The standard InChI is InChI=1S/C16H21NO2/c1-12-2-3-15-13(8-12)5-7-17(15)9-14-4-6-16(19-14)10-18-11-16/h2-3,8,14H,4-7,9-11H2,1H3. The van der Waals surface area contributed by atoms with Crippen molar-refractivity contribution in [3.63, 3.8) is 0 Å². The Balaban J connectivity index is 1.45. The van der Waals surface area contributed by atoms with Crippen LogP contribution in [0.1, 0.15) is 24.0 Å². The van der Waals surface area contributed by atoms with Gasteiger partial charge in [-0.15, -0.1) is 0 Å². The molecule has 1 aromatic carbocycles. The van der Waals surface area contributed by atoms with E-state index in [2.05, 4.69) is 30.0 Å². The van der Waals surface area contributed by atoms with Gasteiger partial charge in [0.15, 0.2) is 0 Å². The minimum atomic E-state index is 0.0838. The van der Waals surface area contributed by atoms with Crippen LogP contribution in [0.2, 0.25) is 0 Å². The lowest BCUT2D eigenvalue weighted by Crippen LogP contribution is -2.50. The Labute approximate surface area is 114 Å². The normalized spacial score (nSPS) is 27.6. The molecule has 1 spiro atoms. The van der Waals surface area contributed by atoms with Crippen molar-refractivity contribution >= 4 is 5.69 Å². The molecule has 0 N–H and O–H groups in total. The predicted octanol–water partition coefficient (Wildman–Crippen LogP) is 2.31. The SMILES string of the molecule is Cc1ccc2c(c1)CCN2CC1CCC2(COC2)O1. The Kier molecular flexibility index (Phi) is 2.61. The van der Waals surface area contributed by atoms with Gasteiger partial charge in [-0.25, -0.2) is 0 Å². The molecule has 3 nitrogen and oxygen atoms in total. The second-order valence-corrected chi connectivity index (χ2v) is 6.28.